The second-order valence-corrected chi connectivity index (χ2v) is 11.5. The van der Waals surface area contributed by atoms with Crippen molar-refractivity contribution in [1.29, 1.82) is 0 Å². The number of ketones is 1. The summed E-state index contributed by atoms with van der Waals surface area (Å²) in [5.41, 5.74) is 9.17. The summed E-state index contributed by atoms with van der Waals surface area (Å²) in [5.74, 6) is -1.34. The van der Waals surface area contributed by atoms with Crippen molar-refractivity contribution in [3.8, 4) is 0 Å². The molecule has 0 saturated carbocycles. The highest BCUT2D eigenvalue weighted by atomic mass is 19.1. The van der Waals surface area contributed by atoms with Crippen LogP contribution in [0.15, 0.2) is 71.3 Å². The Morgan fingerprint density at radius 3 is 2.70 bits per heavy atom. The van der Waals surface area contributed by atoms with Gasteiger partial charge >= 0.3 is 0 Å². The summed E-state index contributed by atoms with van der Waals surface area (Å²) in [5, 5.41) is 5.05. The van der Waals surface area contributed by atoms with Crippen molar-refractivity contribution in [2.24, 2.45) is 5.73 Å². The molecule has 40 heavy (non-hydrogen) atoms. The Balaban J connectivity index is 1.30. The monoisotopic (exact) mass is 541 g/mol. The summed E-state index contributed by atoms with van der Waals surface area (Å²) in [6, 6.07) is 12.0. The number of amides is 1. The number of nitrogens with zero attached hydrogens (tertiary/aromatic N) is 3. The van der Waals surface area contributed by atoms with Crippen molar-refractivity contribution in [2.45, 2.75) is 43.8 Å². The molecule has 2 aromatic rings. The third kappa shape index (κ3) is 4.07. The number of carbonyl (C=O) groups excluding carboxylic acids is 2. The number of anilines is 1. The van der Waals surface area contributed by atoms with Gasteiger partial charge in [-0.05, 0) is 62.2 Å². The Kier molecular flexibility index (Phi) is 6.09. The average molecular weight is 542 g/mol. The van der Waals surface area contributed by atoms with Gasteiger partial charge < -0.3 is 25.8 Å². The van der Waals surface area contributed by atoms with E-state index in [2.05, 4.69) is 28.3 Å². The number of nitrogens with two attached hydrogens (primary N) is 1. The maximum absolute atomic E-state index is 15.9. The van der Waals surface area contributed by atoms with Crippen LogP contribution in [0, 0.1) is 0 Å². The van der Waals surface area contributed by atoms with Crippen molar-refractivity contribution in [3.05, 3.63) is 71.3 Å². The molecule has 0 aromatic heterocycles. The van der Waals surface area contributed by atoms with E-state index < -0.39 is 23.6 Å². The molecule has 4 N–H and O–H groups in total. The third-order valence-electron chi connectivity index (χ3n) is 9.02. The number of Topliss-reactive ketones (excluding diaryl/α,β-unsaturated/α-hetero) is 1. The molecule has 0 spiro atoms. The van der Waals surface area contributed by atoms with E-state index in [1.54, 1.807) is 6.20 Å². The number of hydrogen-bond acceptors (Lipinski definition) is 6. The lowest BCUT2D eigenvalue weighted by atomic mass is 9.82. The van der Waals surface area contributed by atoms with Crippen molar-refractivity contribution in [3.63, 3.8) is 0 Å². The fourth-order valence-electron chi connectivity index (χ4n) is 6.89. The average Bonchev–Trinajstić information content (AvgIpc) is 3.56. The largest absolute Gasteiger partial charge is 0.362 e. The first-order valence-electron chi connectivity index (χ1n) is 14.2. The lowest BCUT2D eigenvalue weighted by Gasteiger charge is -2.40. The van der Waals surface area contributed by atoms with Crippen LogP contribution in [0.3, 0.4) is 0 Å². The molecular weight excluding hydrogens is 507 g/mol. The molecule has 3 atom stereocenters. The van der Waals surface area contributed by atoms with Gasteiger partial charge in [0.2, 0.25) is 11.4 Å². The molecule has 206 valence electrons. The van der Waals surface area contributed by atoms with Gasteiger partial charge in [0.15, 0.2) is 11.6 Å². The van der Waals surface area contributed by atoms with E-state index in [-0.39, 0.29) is 17.2 Å². The van der Waals surface area contributed by atoms with Crippen LogP contribution in [0.5, 0.6) is 0 Å². The summed E-state index contributed by atoms with van der Waals surface area (Å²) in [6.45, 7) is 2.73. The number of nitrogens with one attached hydrogen (secondary N) is 2. The SMILES string of the molecule is CN1CCCC1CCNC(=O)C1=CN2c3cc4ccccc4cc3[NH+]=C3C(N4CCC(N)C4)=C(F)C=C(C1=O)C32. The van der Waals surface area contributed by atoms with Crippen LogP contribution in [0.2, 0.25) is 0 Å². The van der Waals surface area contributed by atoms with Gasteiger partial charge in [0, 0.05) is 49.6 Å². The van der Waals surface area contributed by atoms with E-state index in [0.29, 0.717) is 37.1 Å². The molecule has 1 amide bonds. The molecule has 4 heterocycles. The summed E-state index contributed by atoms with van der Waals surface area (Å²) >= 11 is 0. The molecule has 8 nitrogen and oxygen atoms in total. The number of rotatable bonds is 5. The fourth-order valence-corrected chi connectivity index (χ4v) is 6.89. The minimum Gasteiger partial charge on any atom is -0.362 e. The molecule has 7 rings (SSSR count). The first kappa shape index (κ1) is 25.2. The van der Waals surface area contributed by atoms with Crippen molar-refractivity contribution >= 4 is 39.5 Å². The number of allylic oxidation sites excluding steroid dienone is 2. The van der Waals surface area contributed by atoms with Gasteiger partial charge in [0.05, 0.1) is 0 Å². The van der Waals surface area contributed by atoms with Crippen LogP contribution in [0.4, 0.5) is 15.8 Å². The smallest absolute Gasteiger partial charge is 0.256 e. The van der Waals surface area contributed by atoms with Crippen molar-refractivity contribution < 1.29 is 19.0 Å². The van der Waals surface area contributed by atoms with Crippen molar-refractivity contribution in [1.82, 2.24) is 15.1 Å². The van der Waals surface area contributed by atoms with Gasteiger partial charge in [-0.25, -0.2) is 9.38 Å². The minimum atomic E-state index is -0.559. The predicted octanol–water partition coefficient (Wildman–Crippen LogP) is 1.40. The number of halogens is 1. The molecule has 9 heteroatoms. The molecule has 3 unspecified atom stereocenters. The molecule has 0 bridgehead atoms. The molecule has 5 aliphatic rings. The van der Waals surface area contributed by atoms with Crippen LogP contribution in [0.25, 0.3) is 10.8 Å². The highest BCUT2D eigenvalue weighted by Gasteiger charge is 2.50. The van der Waals surface area contributed by atoms with E-state index >= 15 is 4.39 Å². The van der Waals surface area contributed by atoms with E-state index in [1.807, 2.05) is 40.1 Å². The number of hydrogen-bond donors (Lipinski definition) is 3. The Hall–Kier alpha value is -3.82. The van der Waals surface area contributed by atoms with E-state index in [4.69, 9.17) is 5.73 Å². The maximum atomic E-state index is 15.9. The molecule has 1 aliphatic carbocycles. The summed E-state index contributed by atoms with van der Waals surface area (Å²) in [7, 11) is 2.11. The second kappa shape index (κ2) is 9.67. The normalized spacial score (nSPS) is 26.0. The zero-order valence-corrected chi connectivity index (χ0v) is 22.6. The lowest BCUT2D eigenvalue weighted by Crippen LogP contribution is -2.77. The lowest BCUT2D eigenvalue weighted by molar-refractivity contribution is -0.356. The molecule has 4 aliphatic heterocycles. The Labute approximate surface area is 232 Å². The molecular formula is C31H34FN6O2+. The van der Waals surface area contributed by atoms with Crippen LogP contribution >= 0.6 is 0 Å². The fraction of sp³-hybridized carbons (Fsp3) is 0.387. The molecule has 2 saturated heterocycles. The van der Waals surface area contributed by atoms with E-state index in [1.165, 1.54) is 6.08 Å². The van der Waals surface area contributed by atoms with Crippen LogP contribution < -0.4 is 20.9 Å². The Morgan fingerprint density at radius 1 is 1.18 bits per heavy atom. The van der Waals surface area contributed by atoms with Crippen LogP contribution in [-0.4, -0.2) is 78.6 Å². The summed E-state index contributed by atoms with van der Waals surface area (Å²) in [4.78, 5) is 36.9. The minimum absolute atomic E-state index is 0.0297. The summed E-state index contributed by atoms with van der Waals surface area (Å²) < 4.78 is 15.9. The third-order valence-corrected chi connectivity index (χ3v) is 9.02. The highest BCUT2D eigenvalue weighted by Crippen LogP contribution is 2.41. The number of fused-ring (bicyclic) bond motifs is 3. The van der Waals surface area contributed by atoms with Crippen LogP contribution in [-0.2, 0) is 9.59 Å². The van der Waals surface area contributed by atoms with Gasteiger partial charge in [-0.1, -0.05) is 24.3 Å². The second-order valence-electron chi connectivity index (χ2n) is 11.5. The molecule has 2 aromatic carbocycles. The zero-order valence-electron chi connectivity index (χ0n) is 22.6. The van der Waals surface area contributed by atoms with Gasteiger partial charge in [-0.15, -0.1) is 0 Å². The highest BCUT2D eigenvalue weighted by molar-refractivity contribution is 6.31. The van der Waals surface area contributed by atoms with E-state index in [0.717, 1.165) is 54.4 Å². The molecule has 0 radical (unpaired) electrons. The van der Waals surface area contributed by atoms with Gasteiger partial charge in [0.1, 0.15) is 23.0 Å². The molecule has 2 fully saturated rings. The first-order chi connectivity index (χ1) is 19.4. The van der Waals surface area contributed by atoms with Gasteiger partial charge in [-0.3, -0.25) is 9.59 Å². The van der Waals surface area contributed by atoms with Crippen molar-refractivity contribution in [2.75, 3.05) is 38.1 Å². The van der Waals surface area contributed by atoms with Crippen LogP contribution in [0.1, 0.15) is 25.7 Å². The topological polar surface area (TPSA) is 95.9 Å². The Bertz CT molecular complexity index is 1560. The quantitative estimate of drug-likeness (QED) is 0.496. The Morgan fingerprint density at radius 2 is 1.98 bits per heavy atom. The maximum Gasteiger partial charge on any atom is 0.256 e. The summed E-state index contributed by atoms with van der Waals surface area (Å²) in [6.07, 6.45) is 6.86. The van der Waals surface area contributed by atoms with E-state index in [9.17, 15) is 9.59 Å². The first-order valence-corrected chi connectivity index (χ1v) is 14.2. The van der Waals surface area contributed by atoms with Gasteiger partial charge in [-0.2, -0.15) is 0 Å². The predicted molar refractivity (Wildman–Crippen MR) is 153 cm³/mol. The standard InChI is InChI=1S/C31H33FN6O2/c1-36-11-4-7-21(36)8-10-34-31(40)23-17-38-26-14-19-6-3-2-5-18(19)13-25(26)35-27-28(38)22(30(23)39)15-24(32)29(27)37-12-9-20(33)16-37/h2-3,5-6,13-15,17,20-21,28H,4,7-12,16,33H2,1H3,(H,34,40)/p+1. The zero-order chi connectivity index (χ0) is 27.5. The number of likely N-dealkylation sites (tertiary alicyclic amines) is 2. The number of carbonyl (C=O) groups is 2. The van der Waals surface area contributed by atoms with Gasteiger partial charge in [0.25, 0.3) is 5.91 Å². The number of benzene rings is 2.